The van der Waals surface area contributed by atoms with E-state index in [9.17, 15) is 0 Å². The molecule has 0 aromatic carbocycles. The Bertz CT molecular complexity index is 386. The van der Waals surface area contributed by atoms with Gasteiger partial charge < -0.3 is 10.1 Å². The van der Waals surface area contributed by atoms with E-state index < -0.39 is 0 Å². The van der Waals surface area contributed by atoms with E-state index in [2.05, 4.69) is 22.2 Å². The van der Waals surface area contributed by atoms with Gasteiger partial charge in [-0.25, -0.2) is 9.97 Å². The summed E-state index contributed by atoms with van der Waals surface area (Å²) >= 11 is 0. The van der Waals surface area contributed by atoms with Gasteiger partial charge in [0, 0.05) is 12.4 Å². The van der Waals surface area contributed by atoms with Crippen molar-refractivity contribution in [1.29, 1.82) is 0 Å². The van der Waals surface area contributed by atoms with Crippen LogP contribution in [0.15, 0.2) is 24.2 Å². The smallest absolute Gasteiger partial charge is 0.149 e. The van der Waals surface area contributed by atoms with Crippen LogP contribution in [0.1, 0.15) is 37.2 Å². The first-order chi connectivity index (χ1) is 8.31. The van der Waals surface area contributed by atoms with Crippen LogP contribution in [-0.2, 0) is 4.74 Å². The fourth-order valence-electron chi connectivity index (χ4n) is 1.94. The zero-order chi connectivity index (χ0) is 12.1. The predicted molar refractivity (Wildman–Crippen MR) is 66.5 cm³/mol. The molecule has 92 valence electrons. The van der Waals surface area contributed by atoms with E-state index in [0.717, 1.165) is 37.4 Å². The van der Waals surface area contributed by atoms with Crippen molar-refractivity contribution in [3.05, 3.63) is 35.6 Å². The summed E-state index contributed by atoms with van der Waals surface area (Å²) in [5.74, 6) is 0.828. The van der Waals surface area contributed by atoms with Gasteiger partial charge >= 0.3 is 0 Å². The van der Waals surface area contributed by atoms with E-state index in [1.165, 1.54) is 5.57 Å². The lowest BCUT2D eigenvalue weighted by molar-refractivity contribution is 0.219. The minimum Gasteiger partial charge on any atom is -0.501 e. The number of rotatable bonds is 4. The van der Waals surface area contributed by atoms with Crippen molar-refractivity contribution < 1.29 is 4.74 Å². The number of aryl methyl sites for hydroxylation is 1. The molecule has 2 rings (SSSR count). The molecule has 0 amide bonds. The van der Waals surface area contributed by atoms with E-state index in [1.54, 1.807) is 0 Å². The molecule has 1 aliphatic rings. The van der Waals surface area contributed by atoms with Crippen molar-refractivity contribution in [2.75, 3.05) is 13.2 Å². The first kappa shape index (κ1) is 12.0. The Morgan fingerprint density at radius 1 is 1.41 bits per heavy atom. The number of ether oxygens (including phenoxy) is 1. The van der Waals surface area contributed by atoms with Gasteiger partial charge in [0.05, 0.1) is 18.9 Å². The average molecular weight is 233 g/mol. The summed E-state index contributed by atoms with van der Waals surface area (Å²) in [4.78, 5) is 8.80. The highest BCUT2D eigenvalue weighted by molar-refractivity contribution is 5.18. The molecule has 1 atom stereocenters. The largest absolute Gasteiger partial charge is 0.501 e. The third kappa shape index (κ3) is 3.03. The molecule has 0 saturated heterocycles. The third-order valence-corrected chi connectivity index (χ3v) is 2.80. The fraction of sp³-hybridized carbons (Fsp3) is 0.538. The maximum Gasteiger partial charge on any atom is 0.149 e. The topological polar surface area (TPSA) is 47.0 Å². The van der Waals surface area contributed by atoms with E-state index in [0.29, 0.717) is 0 Å². The molecule has 0 bridgehead atoms. The van der Waals surface area contributed by atoms with Crippen molar-refractivity contribution in [2.45, 2.75) is 32.7 Å². The number of hydrogen-bond donors (Lipinski definition) is 1. The van der Waals surface area contributed by atoms with Gasteiger partial charge in [-0.3, -0.25) is 0 Å². The normalized spacial score (nSPS) is 17.2. The highest BCUT2D eigenvalue weighted by atomic mass is 16.5. The molecule has 17 heavy (non-hydrogen) atoms. The zero-order valence-electron chi connectivity index (χ0n) is 10.4. The number of nitrogens with one attached hydrogen (secondary N) is 1. The fourth-order valence-corrected chi connectivity index (χ4v) is 1.94. The van der Waals surface area contributed by atoms with E-state index in [-0.39, 0.29) is 6.04 Å². The molecular formula is C13H19N3O. The molecule has 4 nitrogen and oxygen atoms in total. The van der Waals surface area contributed by atoms with Crippen LogP contribution in [0, 0.1) is 6.92 Å². The molecule has 1 aromatic heterocycles. The van der Waals surface area contributed by atoms with Gasteiger partial charge in [0.2, 0.25) is 0 Å². The molecule has 1 unspecified atom stereocenters. The summed E-state index contributed by atoms with van der Waals surface area (Å²) in [6.07, 6.45) is 7.70. The SMILES string of the molecule is CCNC(C1=COCCC1)c1ncc(C)cn1. The molecule has 0 saturated carbocycles. The Morgan fingerprint density at radius 3 is 2.76 bits per heavy atom. The monoisotopic (exact) mass is 233 g/mol. The zero-order valence-corrected chi connectivity index (χ0v) is 10.4. The van der Waals surface area contributed by atoms with E-state index in [4.69, 9.17) is 4.74 Å². The molecule has 1 aliphatic heterocycles. The molecule has 0 aliphatic carbocycles. The summed E-state index contributed by atoms with van der Waals surface area (Å²) in [6.45, 7) is 5.79. The number of nitrogens with zero attached hydrogens (tertiary/aromatic N) is 2. The van der Waals surface area contributed by atoms with Crippen molar-refractivity contribution in [3.8, 4) is 0 Å². The number of hydrogen-bond acceptors (Lipinski definition) is 4. The number of aromatic nitrogens is 2. The van der Waals surface area contributed by atoms with Gasteiger partial charge in [-0.1, -0.05) is 6.92 Å². The molecule has 2 heterocycles. The standard InChI is InChI=1S/C13H19N3O/c1-3-14-12(11-5-4-6-17-9-11)13-15-7-10(2)8-16-13/h7-9,12,14H,3-6H2,1-2H3. The summed E-state index contributed by atoms with van der Waals surface area (Å²) in [5, 5.41) is 3.41. The Labute approximate surface area is 102 Å². The average Bonchev–Trinajstić information content (AvgIpc) is 2.38. The van der Waals surface area contributed by atoms with Crippen molar-refractivity contribution in [1.82, 2.24) is 15.3 Å². The molecule has 4 heteroatoms. The Hall–Kier alpha value is -1.42. The summed E-state index contributed by atoms with van der Waals surface area (Å²) in [5.41, 5.74) is 2.32. The lowest BCUT2D eigenvalue weighted by atomic mass is 10.0. The molecule has 0 radical (unpaired) electrons. The van der Waals surface area contributed by atoms with Crippen LogP contribution in [0.2, 0.25) is 0 Å². The van der Waals surface area contributed by atoms with Crippen molar-refractivity contribution >= 4 is 0 Å². The highest BCUT2D eigenvalue weighted by Crippen LogP contribution is 2.25. The van der Waals surface area contributed by atoms with Crippen LogP contribution >= 0.6 is 0 Å². The molecule has 0 spiro atoms. The van der Waals surface area contributed by atoms with Crippen molar-refractivity contribution in [3.63, 3.8) is 0 Å². The maximum absolute atomic E-state index is 5.40. The van der Waals surface area contributed by atoms with Crippen molar-refractivity contribution in [2.24, 2.45) is 0 Å². The first-order valence-electron chi connectivity index (χ1n) is 6.13. The second kappa shape index (κ2) is 5.77. The van der Waals surface area contributed by atoms with Crippen LogP contribution in [0.25, 0.3) is 0 Å². The number of likely N-dealkylation sites (N-methyl/N-ethyl adjacent to an activating group) is 1. The second-order valence-corrected chi connectivity index (χ2v) is 4.28. The summed E-state index contributed by atoms with van der Waals surface area (Å²) in [7, 11) is 0. The van der Waals surface area contributed by atoms with Gasteiger partial charge in [-0.05, 0) is 37.4 Å². The Balaban J connectivity index is 2.21. The van der Waals surface area contributed by atoms with Gasteiger partial charge in [-0.2, -0.15) is 0 Å². The van der Waals surface area contributed by atoms with Crippen LogP contribution in [-0.4, -0.2) is 23.1 Å². The minimum absolute atomic E-state index is 0.0842. The molecular weight excluding hydrogens is 214 g/mol. The first-order valence-corrected chi connectivity index (χ1v) is 6.13. The van der Waals surface area contributed by atoms with Gasteiger partial charge in [0.1, 0.15) is 5.82 Å². The molecule has 1 N–H and O–H groups in total. The Morgan fingerprint density at radius 2 is 2.18 bits per heavy atom. The van der Waals surface area contributed by atoms with Gasteiger partial charge in [-0.15, -0.1) is 0 Å². The third-order valence-electron chi connectivity index (χ3n) is 2.80. The van der Waals surface area contributed by atoms with Crippen LogP contribution < -0.4 is 5.32 Å². The van der Waals surface area contributed by atoms with E-state index >= 15 is 0 Å². The van der Waals surface area contributed by atoms with Crippen LogP contribution in [0.4, 0.5) is 0 Å². The molecule has 0 fully saturated rings. The summed E-state index contributed by atoms with van der Waals surface area (Å²) < 4.78 is 5.40. The predicted octanol–water partition coefficient (Wildman–Crippen LogP) is 2.13. The Kier molecular flexibility index (Phi) is 4.09. The minimum atomic E-state index is 0.0842. The summed E-state index contributed by atoms with van der Waals surface area (Å²) in [6, 6.07) is 0.0842. The van der Waals surface area contributed by atoms with E-state index in [1.807, 2.05) is 25.6 Å². The maximum atomic E-state index is 5.40. The lowest BCUT2D eigenvalue weighted by Crippen LogP contribution is -2.26. The van der Waals surface area contributed by atoms with Gasteiger partial charge in [0.15, 0.2) is 0 Å². The second-order valence-electron chi connectivity index (χ2n) is 4.28. The highest BCUT2D eigenvalue weighted by Gasteiger charge is 2.20. The molecule has 1 aromatic rings. The van der Waals surface area contributed by atoms with Crippen LogP contribution in [0.3, 0.4) is 0 Å². The van der Waals surface area contributed by atoms with Gasteiger partial charge in [0.25, 0.3) is 0 Å². The quantitative estimate of drug-likeness (QED) is 0.865. The lowest BCUT2D eigenvalue weighted by Gasteiger charge is -2.22. The van der Waals surface area contributed by atoms with Crippen LogP contribution in [0.5, 0.6) is 0 Å².